The van der Waals surface area contributed by atoms with Crippen LogP contribution < -0.4 is 0 Å². The third-order valence-corrected chi connectivity index (χ3v) is 4.03. The molecule has 2 aromatic carbocycles. The maximum absolute atomic E-state index is 12.3. The van der Waals surface area contributed by atoms with Gasteiger partial charge in [-0.1, -0.05) is 36.4 Å². The summed E-state index contributed by atoms with van der Waals surface area (Å²) in [5.74, 6) is -0.520. The molecular weight excluding hydrogens is 306 g/mol. The Morgan fingerprint density at radius 1 is 1.04 bits per heavy atom. The second-order valence-electron chi connectivity index (χ2n) is 5.48. The number of rotatable bonds is 2. The van der Waals surface area contributed by atoms with Gasteiger partial charge in [-0.05, 0) is 18.2 Å². The second kappa shape index (κ2) is 5.34. The minimum Gasteiger partial charge on any atom is -0.286 e. The first-order valence-corrected chi connectivity index (χ1v) is 7.35. The van der Waals surface area contributed by atoms with Crippen LogP contribution in [0.2, 0.25) is 0 Å². The molecule has 1 atom stereocenters. The van der Waals surface area contributed by atoms with Crippen molar-refractivity contribution < 1.29 is 9.72 Å². The fraction of sp³-hybridized carbons (Fsp3) is 0.0556. The predicted molar refractivity (Wildman–Crippen MR) is 89.5 cm³/mol. The quantitative estimate of drug-likeness (QED) is 0.536. The topological polar surface area (TPSA) is 85.5 Å². The molecule has 0 saturated carbocycles. The van der Waals surface area contributed by atoms with Crippen molar-refractivity contribution in [2.75, 3.05) is 0 Å². The first-order valence-electron chi connectivity index (χ1n) is 7.35. The van der Waals surface area contributed by atoms with Gasteiger partial charge >= 0.3 is 6.04 Å². The number of ketones is 1. The fourth-order valence-electron chi connectivity index (χ4n) is 2.92. The number of carbonyl (C=O) groups excluding carboxylic acids is 1. The molecule has 6 heteroatoms. The molecule has 1 aromatic heterocycles. The molecule has 0 bridgehead atoms. The summed E-state index contributed by atoms with van der Waals surface area (Å²) < 4.78 is 0. The Bertz CT molecular complexity index is 1030. The van der Waals surface area contributed by atoms with Crippen molar-refractivity contribution in [3.63, 3.8) is 0 Å². The lowest BCUT2D eigenvalue weighted by Gasteiger charge is -2.04. The van der Waals surface area contributed by atoms with Gasteiger partial charge in [-0.15, -0.1) is 0 Å². The standard InChI is InChI=1S/C18H11N3O3/c22-18-14-6-2-1-5-13(14)16(17(18)21(23)24)20-12-8-7-11-4-3-9-19-15(11)10-12/h1-10,17H. The van der Waals surface area contributed by atoms with E-state index in [1.165, 1.54) is 0 Å². The summed E-state index contributed by atoms with van der Waals surface area (Å²) in [5, 5.41) is 12.3. The normalized spacial score (nSPS) is 18.1. The number of hydrogen-bond donors (Lipinski definition) is 0. The summed E-state index contributed by atoms with van der Waals surface area (Å²) >= 11 is 0. The van der Waals surface area contributed by atoms with Gasteiger partial charge in [0, 0.05) is 27.6 Å². The van der Waals surface area contributed by atoms with Gasteiger partial charge in [0.05, 0.1) is 11.2 Å². The SMILES string of the molecule is O=C1c2ccccc2C(=Nc2ccc3cccnc3c2)C1[N+](=O)[O-]. The number of aliphatic imine (C=N–C) groups is 1. The monoisotopic (exact) mass is 317 g/mol. The van der Waals surface area contributed by atoms with Crippen LogP contribution in [0.5, 0.6) is 0 Å². The molecule has 0 saturated heterocycles. The van der Waals surface area contributed by atoms with Crippen LogP contribution in [0, 0.1) is 10.1 Å². The Morgan fingerprint density at radius 2 is 1.83 bits per heavy atom. The maximum Gasteiger partial charge on any atom is 0.316 e. The molecule has 0 amide bonds. The molecule has 116 valence electrons. The van der Waals surface area contributed by atoms with Crippen LogP contribution in [0.3, 0.4) is 0 Å². The number of aromatic nitrogens is 1. The Balaban J connectivity index is 1.89. The lowest BCUT2D eigenvalue weighted by atomic mass is 10.1. The molecule has 6 nitrogen and oxygen atoms in total. The Labute approximate surface area is 136 Å². The fourth-order valence-corrected chi connectivity index (χ4v) is 2.92. The third kappa shape index (κ3) is 2.16. The van der Waals surface area contributed by atoms with Crippen LogP contribution in [-0.4, -0.2) is 27.4 Å². The van der Waals surface area contributed by atoms with Crippen molar-refractivity contribution in [3.8, 4) is 0 Å². The van der Waals surface area contributed by atoms with E-state index in [4.69, 9.17) is 0 Å². The first kappa shape index (κ1) is 14.2. The Hall–Kier alpha value is -3.41. The highest BCUT2D eigenvalue weighted by Gasteiger charge is 2.45. The largest absolute Gasteiger partial charge is 0.316 e. The molecule has 1 unspecified atom stereocenters. The van der Waals surface area contributed by atoms with Crippen LogP contribution in [0.15, 0.2) is 65.8 Å². The van der Waals surface area contributed by atoms with E-state index in [0.29, 0.717) is 16.8 Å². The zero-order valence-corrected chi connectivity index (χ0v) is 12.4. The van der Waals surface area contributed by atoms with Crippen molar-refractivity contribution >= 4 is 28.1 Å². The highest BCUT2D eigenvalue weighted by molar-refractivity contribution is 6.30. The average molecular weight is 317 g/mol. The van der Waals surface area contributed by atoms with Crippen molar-refractivity contribution in [3.05, 3.63) is 82.0 Å². The number of carbonyl (C=O) groups is 1. The number of nitrogens with zero attached hydrogens (tertiary/aromatic N) is 3. The van der Waals surface area contributed by atoms with E-state index in [9.17, 15) is 14.9 Å². The van der Waals surface area contributed by atoms with E-state index in [1.54, 1.807) is 42.6 Å². The number of pyridine rings is 1. The van der Waals surface area contributed by atoms with Crippen LogP contribution in [0.1, 0.15) is 15.9 Å². The van der Waals surface area contributed by atoms with E-state index in [1.807, 2.05) is 18.2 Å². The Kier molecular flexibility index (Phi) is 3.16. The summed E-state index contributed by atoms with van der Waals surface area (Å²) in [6.45, 7) is 0. The summed E-state index contributed by atoms with van der Waals surface area (Å²) in [7, 11) is 0. The molecule has 1 aliphatic rings. The molecule has 0 spiro atoms. The lowest BCUT2D eigenvalue weighted by Crippen LogP contribution is -2.31. The van der Waals surface area contributed by atoms with E-state index >= 15 is 0 Å². The molecule has 0 radical (unpaired) electrons. The second-order valence-corrected chi connectivity index (χ2v) is 5.48. The molecule has 0 fully saturated rings. The van der Waals surface area contributed by atoms with E-state index in [0.717, 1.165) is 10.9 Å². The van der Waals surface area contributed by atoms with Crippen LogP contribution in [-0.2, 0) is 0 Å². The highest BCUT2D eigenvalue weighted by Crippen LogP contribution is 2.28. The molecule has 0 aliphatic heterocycles. The molecule has 3 aromatic rings. The molecule has 4 rings (SSSR count). The van der Waals surface area contributed by atoms with Gasteiger partial charge in [-0.3, -0.25) is 19.9 Å². The van der Waals surface area contributed by atoms with Crippen LogP contribution in [0.4, 0.5) is 5.69 Å². The number of hydrogen-bond acceptors (Lipinski definition) is 5. The minimum absolute atomic E-state index is 0.177. The number of benzene rings is 2. The molecule has 1 heterocycles. The molecular formula is C18H11N3O3. The minimum atomic E-state index is -1.46. The van der Waals surface area contributed by atoms with Crippen LogP contribution in [0.25, 0.3) is 10.9 Å². The van der Waals surface area contributed by atoms with Crippen molar-refractivity contribution in [1.82, 2.24) is 4.98 Å². The van der Waals surface area contributed by atoms with Gasteiger partial charge in [-0.2, -0.15) is 0 Å². The zero-order valence-electron chi connectivity index (χ0n) is 12.4. The van der Waals surface area contributed by atoms with Gasteiger partial charge in [0.15, 0.2) is 0 Å². The first-order chi connectivity index (χ1) is 11.6. The summed E-state index contributed by atoms with van der Waals surface area (Å²) in [4.78, 5) is 31.8. The number of Topliss-reactive ketones (excluding diaryl/α,β-unsaturated/α-hetero) is 1. The van der Waals surface area contributed by atoms with Gasteiger partial charge in [0.2, 0.25) is 5.78 Å². The summed E-state index contributed by atoms with van der Waals surface area (Å²) in [6.07, 6.45) is 1.67. The number of fused-ring (bicyclic) bond motifs is 2. The molecule has 1 aliphatic carbocycles. The van der Waals surface area contributed by atoms with Crippen molar-refractivity contribution in [2.24, 2.45) is 4.99 Å². The molecule has 0 N–H and O–H groups in total. The van der Waals surface area contributed by atoms with Crippen molar-refractivity contribution in [1.29, 1.82) is 0 Å². The third-order valence-electron chi connectivity index (χ3n) is 4.03. The lowest BCUT2D eigenvalue weighted by molar-refractivity contribution is -0.485. The Morgan fingerprint density at radius 3 is 2.62 bits per heavy atom. The molecule has 24 heavy (non-hydrogen) atoms. The van der Waals surface area contributed by atoms with E-state index in [-0.39, 0.29) is 5.71 Å². The number of nitro groups is 1. The van der Waals surface area contributed by atoms with Gasteiger partial charge < -0.3 is 0 Å². The smallest absolute Gasteiger partial charge is 0.286 e. The highest BCUT2D eigenvalue weighted by atomic mass is 16.6. The predicted octanol–water partition coefficient (Wildman–Crippen LogP) is 3.20. The van der Waals surface area contributed by atoms with Crippen LogP contribution >= 0.6 is 0 Å². The maximum atomic E-state index is 12.3. The summed E-state index contributed by atoms with van der Waals surface area (Å²) in [5.41, 5.74) is 2.32. The van der Waals surface area contributed by atoms with Crippen molar-refractivity contribution in [2.45, 2.75) is 6.04 Å². The van der Waals surface area contributed by atoms with Gasteiger partial charge in [0.1, 0.15) is 5.71 Å². The summed E-state index contributed by atoms with van der Waals surface area (Å²) in [6, 6.07) is 14.4. The van der Waals surface area contributed by atoms with E-state index in [2.05, 4.69) is 9.98 Å². The van der Waals surface area contributed by atoms with E-state index < -0.39 is 16.7 Å². The zero-order chi connectivity index (χ0) is 16.7. The average Bonchev–Trinajstić information content (AvgIpc) is 2.87. The van der Waals surface area contributed by atoms with Gasteiger partial charge in [0.25, 0.3) is 0 Å². The van der Waals surface area contributed by atoms with Gasteiger partial charge in [-0.25, -0.2) is 4.99 Å².